The average molecular weight is 749 g/mol. The van der Waals surface area contributed by atoms with E-state index in [0.717, 1.165) is 78.0 Å². The summed E-state index contributed by atoms with van der Waals surface area (Å²) in [5.41, 5.74) is 9.92. The molecule has 3 heterocycles. The Kier molecular flexibility index (Phi) is 7.06. The molecule has 57 heavy (non-hydrogen) atoms. The Morgan fingerprint density at radius 3 is 1.63 bits per heavy atom. The fourth-order valence-corrected chi connectivity index (χ4v) is 9.93. The summed E-state index contributed by atoms with van der Waals surface area (Å²) in [6.07, 6.45) is 0. The van der Waals surface area contributed by atoms with Crippen LogP contribution in [-0.4, -0.2) is 0 Å². The zero-order valence-corrected chi connectivity index (χ0v) is 31.4. The van der Waals surface area contributed by atoms with Crippen molar-refractivity contribution >= 4 is 120 Å². The van der Waals surface area contributed by atoms with Gasteiger partial charge in [-0.2, -0.15) is 0 Å². The Morgan fingerprint density at radius 1 is 0.333 bits per heavy atom. The number of anilines is 6. The zero-order valence-electron chi connectivity index (χ0n) is 30.6. The molecule has 3 aromatic heterocycles. The molecule has 12 rings (SSSR count). The van der Waals surface area contributed by atoms with Gasteiger partial charge >= 0.3 is 0 Å². The molecule has 0 aliphatic heterocycles. The Hall–Kier alpha value is -7.34. The minimum atomic E-state index is 0.848. The standard InChI is InChI=1S/C52H32N2O2S/c1-3-14-34(15-4-1)53(35-16-5-2-6-17-35)44-28-27-43(51-50-38-18-8-7-13-33(38)23-30-49(50)57-52(44)51)54(36-25-29-47-42(31-36)40-20-10-12-22-46(40)55-47)37-24-26-41-39-19-9-11-21-45(39)56-48(41)32-37/h1-32H. The molecule has 0 unspecified atom stereocenters. The number of thiophene rings is 1. The second kappa shape index (κ2) is 12.6. The molecule has 0 fully saturated rings. The lowest BCUT2D eigenvalue weighted by Gasteiger charge is -2.29. The number of furan rings is 2. The van der Waals surface area contributed by atoms with Gasteiger partial charge in [0.05, 0.1) is 16.1 Å². The SMILES string of the molecule is c1ccc(N(c2ccccc2)c2ccc(N(c3ccc4c(c3)oc3ccccc34)c3ccc4oc5ccccc5c4c3)c3c2sc2ccc4ccccc4c23)cc1. The summed E-state index contributed by atoms with van der Waals surface area (Å²) in [5.74, 6) is 0. The molecule has 0 amide bonds. The molecule has 0 atom stereocenters. The molecule has 268 valence electrons. The fourth-order valence-electron chi connectivity index (χ4n) is 8.69. The van der Waals surface area contributed by atoms with Crippen LogP contribution in [0.25, 0.3) is 74.8 Å². The summed E-state index contributed by atoms with van der Waals surface area (Å²) in [4.78, 5) is 4.79. The van der Waals surface area contributed by atoms with Crippen LogP contribution in [0, 0.1) is 0 Å². The predicted octanol–water partition coefficient (Wildman–Crippen LogP) is 15.9. The Balaban J connectivity index is 1.20. The second-order valence-electron chi connectivity index (χ2n) is 14.5. The second-order valence-corrected chi connectivity index (χ2v) is 15.5. The van der Waals surface area contributed by atoms with Gasteiger partial charge in [0.1, 0.15) is 22.3 Å². The van der Waals surface area contributed by atoms with Crippen molar-refractivity contribution in [2.24, 2.45) is 0 Å². The van der Waals surface area contributed by atoms with Crippen LogP contribution < -0.4 is 9.80 Å². The molecule has 0 saturated carbocycles. The van der Waals surface area contributed by atoms with Crippen LogP contribution >= 0.6 is 11.3 Å². The van der Waals surface area contributed by atoms with Crippen molar-refractivity contribution in [1.82, 2.24) is 0 Å². The van der Waals surface area contributed by atoms with Crippen LogP contribution in [0.1, 0.15) is 0 Å². The van der Waals surface area contributed by atoms with Crippen molar-refractivity contribution in [3.05, 3.63) is 194 Å². The predicted molar refractivity (Wildman–Crippen MR) is 241 cm³/mol. The monoisotopic (exact) mass is 748 g/mol. The molecule has 0 aliphatic carbocycles. The molecular formula is C52H32N2O2S. The van der Waals surface area contributed by atoms with E-state index in [9.17, 15) is 0 Å². The number of benzene rings is 9. The normalized spacial score (nSPS) is 11.9. The van der Waals surface area contributed by atoms with E-state index in [4.69, 9.17) is 8.83 Å². The molecule has 0 N–H and O–H groups in total. The largest absolute Gasteiger partial charge is 0.456 e. The molecule has 0 spiro atoms. The van der Waals surface area contributed by atoms with E-state index in [1.807, 2.05) is 35.6 Å². The topological polar surface area (TPSA) is 32.8 Å². The van der Waals surface area contributed by atoms with E-state index in [1.54, 1.807) is 0 Å². The fraction of sp³-hybridized carbons (Fsp3) is 0. The van der Waals surface area contributed by atoms with Crippen LogP contribution in [0.5, 0.6) is 0 Å². The van der Waals surface area contributed by atoms with Gasteiger partial charge in [0, 0.05) is 65.8 Å². The zero-order chi connectivity index (χ0) is 37.5. The Labute approximate surface area is 331 Å². The number of rotatable bonds is 6. The van der Waals surface area contributed by atoms with Crippen LogP contribution in [0.2, 0.25) is 0 Å². The van der Waals surface area contributed by atoms with Gasteiger partial charge < -0.3 is 18.6 Å². The van der Waals surface area contributed by atoms with E-state index in [-0.39, 0.29) is 0 Å². The number of hydrogen-bond acceptors (Lipinski definition) is 5. The van der Waals surface area contributed by atoms with Gasteiger partial charge in [-0.05, 0) is 95.7 Å². The minimum absolute atomic E-state index is 0.848. The maximum atomic E-state index is 6.53. The third-order valence-corrected chi connectivity index (χ3v) is 12.4. The third-order valence-electron chi connectivity index (χ3n) is 11.2. The lowest BCUT2D eigenvalue weighted by molar-refractivity contribution is 0.668. The molecular weight excluding hydrogens is 717 g/mol. The summed E-state index contributed by atoms with van der Waals surface area (Å²) in [5, 5.41) is 9.26. The van der Waals surface area contributed by atoms with Gasteiger partial charge in [-0.15, -0.1) is 11.3 Å². The third kappa shape index (κ3) is 4.99. The molecule has 9 aromatic carbocycles. The minimum Gasteiger partial charge on any atom is -0.456 e. The van der Waals surface area contributed by atoms with Gasteiger partial charge in [0.15, 0.2) is 0 Å². The summed E-state index contributed by atoms with van der Waals surface area (Å²) in [6.45, 7) is 0. The highest BCUT2D eigenvalue weighted by Crippen LogP contribution is 2.52. The van der Waals surface area contributed by atoms with Gasteiger partial charge in [-0.3, -0.25) is 0 Å². The molecule has 5 heteroatoms. The summed E-state index contributed by atoms with van der Waals surface area (Å²) < 4.78 is 15.3. The summed E-state index contributed by atoms with van der Waals surface area (Å²) in [7, 11) is 0. The smallest absolute Gasteiger partial charge is 0.137 e. The van der Waals surface area contributed by atoms with Crippen molar-refractivity contribution in [1.29, 1.82) is 0 Å². The van der Waals surface area contributed by atoms with Crippen molar-refractivity contribution in [3.8, 4) is 0 Å². The van der Waals surface area contributed by atoms with Gasteiger partial charge in [-0.25, -0.2) is 0 Å². The van der Waals surface area contributed by atoms with Crippen LogP contribution in [0.3, 0.4) is 0 Å². The molecule has 0 bridgehead atoms. The van der Waals surface area contributed by atoms with E-state index >= 15 is 0 Å². The first kappa shape index (κ1) is 32.0. The van der Waals surface area contributed by atoms with Gasteiger partial charge in [-0.1, -0.05) is 103 Å². The average Bonchev–Trinajstić information content (AvgIpc) is 3.97. The molecule has 0 saturated heterocycles. The lowest BCUT2D eigenvalue weighted by Crippen LogP contribution is -2.12. The summed E-state index contributed by atoms with van der Waals surface area (Å²) in [6, 6.07) is 69.0. The van der Waals surface area contributed by atoms with Crippen LogP contribution in [-0.2, 0) is 0 Å². The number of hydrogen-bond donors (Lipinski definition) is 0. The summed E-state index contributed by atoms with van der Waals surface area (Å²) >= 11 is 1.85. The van der Waals surface area contributed by atoms with Crippen molar-refractivity contribution < 1.29 is 8.83 Å². The first-order chi connectivity index (χ1) is 28.3. The van der Waals surface area contributed by atoms with Crippen LogP contribution in [0.15, 0.2) is 203 Å². The number of para-hydroxylation sites is 4. The first-order valence-electron chi connectivity index (χ1n) is 19.2. The highest BCUT2D eigenvalue weighted by molar-refractivity contribution is 7.26. The van der Waals surface area contributed by atoms with Crippen LogP contribution in [0.4, 0.5) is 34.1 Å². The van der Waals surface area contributed by atoms with Crippen molar-refractivity contribution in [2.45, 2.75) is 0 Å². The maximum absolute atomic E-state index is 6.53. The van der Waals surface area contributed by atoms with Gasteiger partial charge in [0.2, 0.25) is 0 Å². The molecule has 0 radical (unpaired) electrons. The van der Waals surface area contributed by atoms with Gasteiger partial charge in [0.25, 0.3) is 0 Å². The van der Waals surface area contributed by atoms with Crippen molar-refractivity contribution in [2.75, 3.05) is 9.80 Å². The molecule has 0 aliphatic rings. The highest BCUT2D eigenvalue weighted by Gasteiger charge is 2.26. The van der Waals surface area contributed by atoms with E-state index in [0.29, 0.717) is 0 Å². The van der Waals surface area contributed by atoms with E-state index in [1.165, 1.54) is 30.9 Å². The van der Waals surface area contributed by atoms with E-state index < -0.39 is 0 Å². The number of fused-ring (bicyclic) bond motifs is 11. The van der Waals surface area contributed by atoms with E-state index in [2.05, 4.69) is 180 Å². The molecule has 12 aromatic rings. The Morgan fingerprint density at radius 2 is 0.877 bits per heavy atom. The lowest BCUT2D eigenvalue weighted by atomic mass is 10.0. The maximum Gasteiger partial charge on any atom is 0.137 e. The highest BCUT2D eigenvalue weighted by atomic mass is 32.1. The molecule has 4 nitrogen and oxygen atoms in total. The first-order valence-corrected chi connectivity index (χ1v) is 20.0. The number of nitrogens with zero attached hydrogens (tertiary/aromatic N) is 2. The quantitative estimate of drug-likeness (QED) is 0.170. The van der Waals surface area contributed by atoms with Crippen molar-refractivity contribution in [3.63, 3.8) is 0 Å². The Bertz CT molecular complexity index is 3450.